The van der Waals surface area contributed by atoms with E-state index in [2.05, 4.69) is 24.9 Å². The monoisotopic (exact) mass is 330 g/mol. The van der Waals surface area contributed by atoms with E-state index in [4.69, 9.17) is 9.84 Å². The number of hydrogen-bond acceptors (Lipinski definition) is 4. The topological polar surface area (TPSA) is 63.8 Å². The summed E-state index contributed by atoms with van der Waals surface area (Å²) >= 11 is 1.43. The molecule has 0 saturated heterocycles. The first-order chi connectivity index (χ1) is 11.0. The Morgan fingerprint density at radius 2 is 2.22 bits per heavy atom. The lowest BCUT2D eigenvalue weighted by atomic mass is 9.98. The molecule has 0 aliphatic heterocycles. The molecule has 0 aliphatic carbocycles. The van der Waals surface area contributed by atoms with Crippen LogP contribution in [-0.2, 0) is 0 Å². The van der Waals surface area contributed by atoms with E-state index >= 15 is 0 Å². The fourth-order valence-corrected chi connectivity index (χ4v) is 3.42. The smallest absolute Gasteiger partial charge is 0.356 e. The van der Waals surface area contributed by atoms with Gasteiger partial charge in [0.15, 0.2) is 10.7 Å². The molecule has 6 heteroatoms. The predicted octanol–water partition coefficient (Wildman–Crippen LogP) is 4.28. The average molecular weight is 330 g/mol. The van der Waals surface area contributed by atoms with Crippen molar-refractivity contribution in [2.45, 2.75) is 26.7 Å². The van der Waals surface area contributed by atoms with Gasteiger partial charge in [-0.15, -0.1) is 11.3 Å². The lowest BCUT2D eigenvalue weighted by Gasteiger charge is -2.14. The zero-order valence-corrected chi connectivity index (χ0v) is 14.1. The van der Waals surface area contributed by atoms with Crippen LogP contribution in [-0.4, -0.2) is 27.1 Å². The SMILES string of the molecule is CCOc1ccc(-c2csc3nc(C(=O)O)cn23)cc1C(C)C. The van der Waals surface area contributed by atoms with Crippen molar-refractivity contribution in [3.05, 3.63) is 41.0 Å². The van der Waals surface area contributed by atoms with Crippen LogP contribution >= 0.6 is 11.3 Å². The second kappa shape index (κ2) is 6.04. The molecule has 0 spiro atoms. The van der Waals surface area contributed by atoms with E-state index in [1.807, 2.05) is 28.8 Å². The van der Waals surface area contributed by atoms with E-state index in [0.29, 0.717) is 17.5 Å². The van der Waals surface area contributed by atoms with Crippen molar-refractivity contribution in [2.75, 3.05) is 6.61 Å². The van der Waals surface area contributed by atoms with Crippen LogP contribution in [0.15, 0.2) is 29.8 Å². The van der Waals surface area contributed by atoms with Crippen LogP contribution in [0.2, 0.25) is 0 Å². The minimum absolute atomic E-state index is 0.0631. The zero-order chi connectivity index (χ0) is 16.6. The molecule has 23 heavy (non-hydrogen) atoms. The number of carboxylic acid groups (broad SMARTS) is 1. The minimum Gasteiger partial charge on any atom is -0.494 e. The van der Waals surface area contributed by atoms with Crippen molar-refractivity contribution in [2.24, 2.45) is 0 Å². The second-order valence-electron chi connectivity index (χ2n) is 5.55. The maximum absolute atomic E-state index is 11.1. The largest absolute Gasteiger partial charge is 0.494 e. The Hall–Kier alpha value is -2.34. The molecule has 0 atom stereocenters. The number of aromatic carboxylic acids is 1. The van der Waals surface area contributed by atoms with Crippen molar-refractivity contribution in [1.29, 1.82) is 0 Å². The molecule has 0 fully saturated rings. The van der Waals surface area contributed by atoms with E-state index in [1.54, 1.807) is 6.20 Å². The third-order valence-electron chi connectivity index (χ3n) is 3.66. The van der Waals surface area contributed by atoms with Crippen LogP contribution in [0.25, 0.3) is 16.2 Å². The Labute approximate surface area is 138 Å². The van der Waals surface area contributed by atoms with Gasteiger partial charge in [-0.3, -0.25) is 4.40 Å². The first kappa shape index (κ1) is 15.6. The Bertz CT molecular complexity index is 864. The van der Waals surface area contributed by atoms with E-state index in [1.165, 1.54) is 11.3 Å². The van der Waals surface area contributed by atoms with Gasteiger partial charge in [-0.1, -0.05) is 13.8 Å². The normalized spacial score (nSPS) is 11.3. The molecule has 1 aromatic carbocycles. The first-order valence-corrected chi connectivity index (χ1v) is 8.36. The number of benzene rings is 1. The van der Waals surface area contributed by atoms with Gasteiger partial charge in [0.2, 0.25) is 0 Å². The highest BCUT2D eigenvalue weighted by Crippen LogP contribution is 2.33. The number of hydrogen-bond donors (Lipinski definition) is 1. The second-order valence-corrected chi connectivity index (χ2v) is 6.38. The highest BCUT2D eigenvalue weighted by atomic mass is 32.1. The predicted molar refractivity (Wildman–Crippen MR) is 90.7 cm³/mol. The molecule has 5 nitrogen and oxygen atoms in total. The number of carboxylic acids is 1. The van der Waals surface area contributed by atoms with Crippen molar-refractivity contribution in [3.8, 4) is 17.0 Å². The maximum atomic E-state index is 11.1. The van der Waals surface area contributed by atoms with Crippen LogP contribution < -0.4 is 4.74 Å². The van der Waals surface area contributed by atoms with Crippen molar-refractivity contribution in [1.82, 2.24) is 9.38 Å². The van der Waals surface area contributed by atoms with Crippen LogP contribution in [0.5, 0.6) is 5.75 Å². The van der Waals surface area contributed by atoms with E-state index in [-0.39, 0.29) is 5.69 Å². The summed E-state index contributed by atoms with van der Waals surface area (Å²) in [5.74, 6) is 0.221. The third-order valence-corrected chi connectivity index (χ3v) is 4.50. The Kier molecular flexibility index (Phi) is 4.09. The maximum Gasteiger partial charge on any atom is 0.356 e. The molecule has 0 aliphatic rings. The molecule has 0 amide bonds. The van der Waals surface area contributed by atoms with Gasteiger partial charge in [0.1, 0.15) is 5.75 Å². The number of nitrogens with zero attached hydrogens (tertiary/aromatic N) is 2. The summed E-state index contributed by atoms with van der Waals surface area (Å²) < 4.78 is 7.53. The van der Waals surface area contributed by atoms with Gasteiger partial charge in [0.05, 0.1) is 12.3 Å². The fourth-order valence-electron chi connectivity index (χ4n) is 2.54. The molecule has 120 valence electrons. The van der Waals surface area contributed by atoms with Crippen LogP contribution in [0.4, 0.5) is 0 Å². The highest BCUT2D eigenvalue weighted by Gasteiger charge is 2.16. The Morgan fingerprint density at radius 3 is 2.87 bits per heavy atom. The number of aromatic nitrogens is 2. The number of carbonyl (C=O) groups is 1. The molecule has 1 N–H and O–H groups in total. The summed E-state index contributed by atoms with van der Waals surface area (Å²) in [5, 5.41) is 11.1. The molecule has 0 radical (unpaired) electrons. The van der Waals surface area contributed by atoms with E-state index in [0.717, 1.165) is 22.6 Å². The van der Waals surface area contributed by atoms with Crippen molar-refractivity contribution >= 4 is 22.3 Å². The molecule has 0 unspecified atom stereocenters. The molecule has 2 aromatic heterocycles. The van der Waals surface area contributed by atoms with Crippen molar-refractivity contribution in [3.63, 3.8) is 0 Å². The van der Waals surface area contributed by atoms with Gasteiger partial charge >= 0.3 is 5.97 Å². The van der Waals surface area contributed by atoms with Gasteiger partial charge in [-0.2, -0.15) is 0 Å². The van der Waals surface area contributed by atoms with Gasteiger partial charge in [0, 0.05) is 11.6 Å². The molecular formula is C17H18N2O3S. The summed E-state index contributed by atoms with van der Waals surface area (Å²) in [6.07, 6.45) is 1.56. The molecule has 0 saturated carbocycles. The standard InChI is InChI=1S/C17H18N2O3S/c1-4-22-15-6-5-11(7-12(15)10(2)3)14-9-23-17-18-13(16(20)21)8-19(14)17/h5-10H,4H2,1-3H3,(H,20,21). The Balaban J connectivity index is 2.11. The van der Waals surface area contributed by atoms with Gasteiger partial charge in [-0.05, 0) is 42.2 Å². The van der Waals surface area contributed by atoms with Crippen LogP contribution in [0.1, 0.15) is 42.7 Å². The zero-order valence-electron chi connectivity index (χ0n) is 13.2. The summed E-state index contributed by atoms with van der Waals surface area (Å²) in [6.45, 7) is 6.86. The number of rotatable bonds is 5. The molecule has 3 rings (SSSR count). The summed E-state index contributed by atoms with van der Waals surface area (Å²) in [4.78, 5) is 15.9. The minimum atomic E-state index is -1.01. The lowest BCUT2D eigenvalue weighted by Crippen LogP contribution is -1.99. The number of imidazole rings is 1. The summed E-state index contributed by atoms with van der Waals surface area (Å²) in [5.41, 5.74) is 3.17. The van der Waals surface area contributed by atoms with E-state index in [9.17, 15) is 4.79 Å². The summed E-state index contributed by atoms with van der Waals surface area (Å²) in [7, 11) is 0. The summed E-state index contributed by atoms with van der Waals surface area (Å²) in [6, 6.07) is 6.09. The van der Waals surface area contributed by atoms with Crippen LogP contribution in [0.3, 0.4) is 0 Å². The van der Waals surface area contributed by atoms with Gasteiger partial charge in [-0.25, -0.2) is 9.78 Å². The first-order valence-electron chi connectivity index (χ1n) is 7.48. The van der Waals surface area contributed by atoms with Gasteiger partial charge < -0.3 is 9.84 Å². The molecule has 2 heterocycles. The number of ether oxygens (including phenoxy) is 1. The molecule has 3 aromatic rings. The third kappa shape index (κ3) is 2.82. The Morgan fingerprint density at radius 1 is 1.43 bits per heavy atom. The fraction of sp³-hybridized carbons (Fsp3) is 0.294. The lowest BCUT2D eigenvalue weighted by molar-refractivity contribution is 0.0691. The van der Waals surface area contributed by atoms with Crippen molar-refractivity contribution < 1.29 is 14.6 Å². The van der Waals surface area contributed by atoms with Gasteiger partial charge in [0.25, 0.3) is 0 Å². The molecule has 0 bridgehead atoms. The number of fused-ring (bicyclic) bond motifs is 1. The quantitative estimate of drug-likeness (QED) is 0.758. The van der Waals surface area contributed by atoms with E-state index < -0.39 is 5.97 Å². The average Bonchev–Trinajstić information content (AvgIpc) is 3.08. The molecular weight excluding hydrogens is 312 g/mol. The van der Waals surface area contributed by atoms with Crippen LogP contribution in [0, 0.1) is 0 Å². The number of thiazole rings is 1. The highest BCUT2D eigenvalue weighted by molar-refractivity contribution is 7.15.